The number of likely N-dealkylation sites (N-methyl/N-ethyl adjacent to an activating group) is 1. The summed E-state index contributed by atoms with van der Waals surface area (Å²) in [4.78, 5) is 6.78. The number of halogens is 1. The Labute approximate surface area is 98.6 Å². The topological polar surface area (TPSA) is 25.4 Å². The first-order chi connectivity index (χ1) is 7.31. The van der Waals surface area contributed by atoms with Crippen LogP contribution in [-0.4, -0.2) is 30.8 Å². The van der Waals surface area contributed by atoms with Crippen LogP contribution in [0.4, 0.5) is 5.82 Å². The van der Waals surface area contributed by atoms with Crippen LogP contribution in [0.15, 0.2) is 22.8 Å². The lowest BCUT2D eigenvalue weighted by atomic mass is 10.2. The third-order valence-electron chi connectivity index (χ3n) is 2.68. The molecule has 82 valence electrons. The zero-order chi connectivity index (χ0) is 10.7. The van der Waals surface area contributed by atoms with Gasteiger partial charge in [-0.3, -0.25) is 0 Å². The predicted octanol–water partition coefficient (Wildman–Crippen LogP) is 2.46. The van der Waals surface area contributed by atoms with Gasteiger partial charge in [-0.25, -0.2) is 4.98 Å². The summed E-state index contributed by atoms with van der Waals surface area (Å²) in [5, 5.41) is 0. The molecule has 1 aliphatic heterocycles. The summed E-state index contributed by atoms with van der Waals surface area (Å²) in [5.74, 6) is 1.03. The standard InChI is InChI=1S/C11H15BrN2O/c1-2-14(9-6-7-15-8-9)11-5-3-4-10(12)13-11/h3-5,9H,2,6-8H2,1H3. The van der Waals surface area contributed by atoms with Crippen LogP contribution in [0.25, 0.3) is 0 Å². The van der Waals surface area contributed by atoms with Crippen molar-refractivity contribution >= 4 is 21.7 Å². The van der Waals surface area contributed by atoms with E-state index in [4.69, 9.17) is 4.74 Å². The van der Waals surface area contributed by atoms with Crippen LogP contribution in [-0.2, 0) is 4.74 Å². The molecule has 1 unspecified atom stereocenters. The number of pyridine rings is 1. The number of hydrogen-bond donors (Lipinski definition) is 0. The van der Waals surface area contributed by atoms with Gasteiger partial charge in [0.25, 0.3) is 0 Å². The van der Waals surface area contributed by atoms with Gasteiger partial charge in [-0.2, -0.15) is 0 Å². The summed E-state index contributed by atoms with van der Waals surface area (Å²) in [6.45, 7) is 4.82. The molecule has 1 aromatic heterocycles. The maximum atomic E-state index is 5.41. The quantitative estimate of drug-likeness (QED) is 0.790. The van der Waals surface area contributed by atoms with E-state index in [0.29, 0.717) is 6.04 Å². The van der Waals surface area contributed by atoms with Gasteiger partial charge in [0.1, 0.15) is 10.4 Å². The van der Waals surface area contributed by atoms with E-state index in [2.05, 4.69) is 32.7 Å². The lowest BCUT2D eigenvalue weighted by Gasteiger charge is -2.27. The first-order valence-electron chi connectivity index (χ1n) is 5.28. The molecule has 15 heavy (non-hydrogen) atoms. The molecule has 1 aromatic rings. The second-order valence-electron chi connectivity index (χ2n) is 3.62. The first kappa shape index (κ1) is 10.9. The van der Waals surface area contributed by atoms with Gasteiger partial charge in [0.15, 0.2) is 0 Å². The summed E-state index contributed by atoms with van der Waals surface area (Å²) in [6, 6.07) is 6.50. The van der Waals surface area contributed by atoms with Crippen LogP contribution < -0.4 is 4.90 Å². The molecule has 1 aliphatic rings. The summed E-state index contributed by atoms with van der Waals surface area (Å²) < 4.78 is 6.30. The Morgan fingerprint density at radius 1 is 1.60 bits per heavy atom. The fraction of sp³-hybridized carbons (Fsp3) is 0.545. The highest BCUT2D eigenvalue weighted by atomic mass is 79.9. The van der Waals surface area contributed by atoms with Crippen molar-refractivity contribution < 1.29 is 4.74 Å². The van der Waals surface area contributed by atoms with E-state index in [-0.39, 0.29) is 0 Å². The lowest BCUT2D eigenvalue weighted by molar-refractivity contribution is 0.193. The van der Waals surface area contributed by atoms with Crippen molar-refractivity contribution in [3.05, 3.63) is 22.8 Å². The molecule has 2 heterocycles. The maximum absolute atomic E-state index is 5.41. The molecular formula is C11H15BrN2O. The Kier molecular flexibility index (Phi) is 3.59. The fourth-order valence-electron chi connectivity index (χ4n) is 1.93. The van der Waals surface area contributed by atoms with Gasteiger partial charge in [0.2, 0.25) is 0 Å². The van der Waals surface area contributed by atoms with Crippen molar-refractivity contribution in [3.8, 4) is 0 Å². The highest BCUT2D eigenvalue weighted by Crippen LogP contribution is 2.21. The Morgan fingerprint density at radius 3 is 3.07 bits per heavy atom. The number of anilines is 1. The highest BCUT2D eigenvalue weighted by molar-refractivity contribution is 9.10. The van der Waals surface area contributed by atoms with Crippen molar-refractivity contribution in [3.63, 3.8) is 0 Å². The average molecular weight is 271 g/mol. The van der Waals surface area contributed by atoms with Gasteiger partial charge in [-0.15, -0.1) is 0 Å². The van der Waals surface area contributed by atoms with Gasteiger partial charge in [-0.05, 0) is 41.4 Å². The second-order valence-corrected chi connectivity index (χ2v) is 4.43. The first-order valence-corrected chi connectivity index (χ1v) is 6.07. The number of aromatic nitrogens is 1. The van der Waals surface area contributed by atoms with E-state index < -0.39 is 0 Å². The van der Waals surface area contributed by atoms with E-state index in [1.165, 1.54) is 0 Å². The minimum Gasteiger partial charge on any atom is -0.379 e. The van der Waals surface area contributed by atoms with Crippen molar-refractivity contribution in [1.82, 2.24) is 4.98 Å². The van der Waals surface area contributed by atoms with Crippen LogP contribution in [0, 0.1) is 0 Å². The summed E-state index contributed by atoms with van der Waals surface area (Å²) in [5.41, 5.74) is 0. The van der Waals surface area contributed by atoms with Crippen LogP contribution in [0.5, 0.6) is 0 Å². The molecule has 2 rings (SSSR count). The zero-order valence-electron chi connectivity index (χ0n) is 8.82. The molecule has 4 heteroatoms. The van der Waals surface area contributed by atoms with Crippen LogP contribution >= 0.6 is 15.9 Å². The SMILES string of the molecule is CCN(c1cccc(Br)n1)C1CCOC1. The third kappa shape index (κ3) is 2.49. The fourth-order valence-corrected chi connectivity index (χ4v) is 2.27. The molecule has 0 amide bonds. The van der Waals surface area contributed by atoms with Crippen molar-refractivity contribution in [2.75, 3.05) is 24.7 Å². The summed E-state index contributed by atoms with van der Waals surface area (Å²) in [7, 11) is 0. The molecule has 0 N–H and O–H groups in total. The molecular weight excluding hydrogens is 256 g/mol. The van der Waals surface area contributed by atoms with E-state index in [0.717, 1.165) is 36.6 Å². The molecule has 0 radical (unpaired) electrons. The summed E-state index contributed by atoms with van der Waals surface area (Å²) >= 11 is 3.40. The van der Waals surface area contributed by atoms with Gasteiger partial charge >= 0.3 is 0 Å². The molecule has 1 saturated heterocycles. The van der Waals surface area contributed by atoms with Gasteiger partial charge in [0, 0.05) is 13.2 Å². The Balaban J connectivity index is 2.18. The molecule has 0 bridgehead atoms. The number of hydrogen-bond acceptors (Lipinski definition) is 3. The number of rotatable bonds is 3. The molecule has 0 spiro atoms. The smallest absolute Gasteiger partial charge is 0.130 e. The van der Waals surface area contributed by atoms with Gasteiger partial charge in [0.05, 0.1) is 12.6 Å². The monoisotopic (exact) mass is 270 g/mol. The van der Waals surface area contributed by atoms with E-state index in [9.17, 15) is 0 Å². The van der Waals surface area contributed by atoms with Crippen molar-refractivity contribution in [1.29, 1.82) is 0 Å². The van der Waals surface area contributed by atoms with Crippen molar-refractivity contribution in [2.45, 2.75) is 19.4 Å². The maximum Gasteiger partial charge on any atom is 0.130 e. The lowest BCUT2D eigenvalue weighted by Crippen LogP contribution is -2.36. The third-order valence-corrected chi connectivity index (χ3v) is 3.12. The highest BCUT2D eigenvalue weighted by Gasteiger charge is 2.23. The summed E-state index contributed by atoms with van der Waals surface area (Å²) in [6.07, 6.45) is 1.10. The van der Waals surface area contributed by atoms with Crippen LogP contribution in [0.2, 0.25) is 0 Å². The molecule has 0 aromatic carbocycles. The molecule has 1 fully saturated rings. The van der Waals surface area contributed by atoms with E-state index in [1.807, 2.05) is 18.2 Å². The Morgan fingerprint density at radius 2 is 2.47 bits per heavy atom. The average Bonchev–Trinajstić information content (AvgIpc) is 2.72. The van der Waals surface area contributed by atoms with Crippen LogP contribution in [0.3, 0.4) is 0 Å². The second kappa shape index (κ2) is 4.94. The molecule has 1 atom stereocenters. The normalized spacial score (nSPS) is 20.5. The molecule has 0 aliphatic carbocycles. The number of ether oxygens (including phenoxy) is 1. The van der Waals surface area contributed by atoms with Gasteiger partial charge in [-0.1, -0.05) is 6.07 Å². The Bertz CT molecular complexity index is 326. The zero-order valence-corrected chi connectivity index (χ0v) is 10.4. The largest absolute Gasteiger partial charge is 0.379 e. The van der Waals surface area contributed by atoms with Crippen molar-refractivity contribution in [2.24, 2.45) is 0 Å². The minimum atomic E-state index is 0.483. The number of nitrogens with zero attached hydrogens (tertiary/aromatic N) is 2. The van der Waals surface area contributed by atoms with E-state index in [1.54, 1.807) is 0 Å². The minimum absolute atomic E-state index is 0.483. The van der Waals surface area contributed by atoms with Crippen LogP contribution in [0.1, 0.15) is 13.3 Å². The molecule has 3 nitrogen and oxygen atoms in total. The predicted molar refractivity (Wildman–Crippen MR) is 64.2 cm³/mol. The van der Waals surface area contributed by atoms with Gasteiger partial charge < -0.3 is 9.64 Å². The van der Waals surface area contributed by atoms with E-state index >= 15 is 0 Å². The molecule has 0 saturated carbocycles. The Hall–Kier alpha value is -0.610.